The normalized spacial score (nSPS) is 10.6. The lowest BCUT2D eigenvalue weighted by Gasteiger charge is -2.07. The van der Waals surface area contributed by atoms with E-state index in [9.17, 15) is 23.7 Å². The maximum atomic E-state index is 12.2. The Morgan fingerprint density at radius 1 is 1.22 bits per heavy atom. The van der Waals surface area contributed by atoms with Gasteiger partial charge in [0.15, 0.2) is 0 Å². The highest BCUT2D eigenvalue weighted by molar-refractivity contribution is 7.99. The van der Waals surface area contributed by atoms with E-state index in [0.29, 0.717) is 22.3 Å². The SMILES string of the molecule is O=C(Nc1ccc(SC(F)F)cc1)c1ccc(Cl)c([N+](=O)[O-])c1. The molecule has 0 aliphatic heterocycles. The Kier molecular flexibility index (Phi) is 5.51. The smallest absolute Gasteiger partial charge is 0.288 e. The van der Waals surface area contributed by atoms with Crippen molar-refractivity contribution in [1.29, 1.82) is 0 Å². The molecule has 2 rings (SSSR count). The summed E-state index contributed by atoms with van der Waals surface area (Å²) < 4.78 is 24.4. The number of carbonyl (C=O) groups is 1. The van der Waals surface area contributed by atoms with Gasteiger partial charge in [-0.15, -0.1) is 0 Å². The summed E-state index contributed by atoms with van der Waals surface area (Å²) in [5, 5.41) is 13.3. The van der Waals surface area contributed by atoms with E-state index in [4.69, 9.17) is 11.6 Å². The second-order valence-corrected chi connectivity index (χ2v) is 5.75. The average molecular weight is 359 g/mol. The van der Waals surface area contributed by atoms with E-state index >= 15 is 0 Å². The first kappa shape index (κ1) is 17.2. The summed E-state index contributed by atoms with van der Waals surface area (Å²) in [5.74, 6) is -3.09. The summed E-state index contributed by atoms with van der Waals surface area (Å²) in [7, 11) is 0. The number of benzene rings is 2. The summed E-state index contributed by atoms with van der Waals surface area (Å²) in [5.41, 5.74) is 0.0707. The summed E-state index contributed by atoms with van der Waals surface area (Å²) in [6, 6.07) is 9.49. The van der Waals surface area contributed by atoms with Gasteiger partial charge in [0.05, 0.1) is 4.92 Å². The number of alkyl halides is 2. The van der Waals surface area contributed by atoms with Crippen molar-refractivity contribution in [2.75, 3.05) is 5.32 Å². The van der Waals surface area contributed by atoms with E-state index in [-0.39, 0.29) is 16.3 Å². The topological polar surface area (TPSA) is 72.2 Å². The minimum Gasteiger partial charge on any atom is -0.322 e. The second-order valence-electron chi connectivity index (χ2n) is 4.28. The van der Waals surface area contributed by atoms with E-state index in [1.807, 2.05) is 0 Å². The lowest BCUT2D eigenvalue weighted by atomic mass is 10.2. The summed E-state index contributed by atoms with van der Waals surface area (Å²) in [6.07, 6.45) is 0. The molecule has 1 N–H and O–H groups in total. The standard InChI is InChI=1S/C14H9ClF2N2O3S/c15-11-6-1-8(7-12(11)19(21)22)13(20)18-9-2-4-10(5-3-9)23-14(16)17/h1-7,14H,(H,18,20). The molecule has 0 saturated carbocycles. The highest BCUT2D eigenvalue weighted by atomic mass is 35.5. The lowest BCUT2D eigenvalue weighted by Crippen LogP contribution is -2.12. The van der Waals surface area contributed by atoms with Crippen molar-refractivity contribution < 1.29 is 18.5 Å². The Labute approximate surface area is 138 Å². The molecule has 2 aromatic carbocycles. The van der Waals surface area contributed by atoms with Crippen molar-refractivity contribution in [2.45, 2.75) is 10.7 Å². The summed E-state index contributed by atoms with van der Waals surface area (Å²) in [4.78, 5) is 22.5. The van der Waals surface area contributed by atoms with Crippen LogP contribution in [0.25, 0.3) is 0 Å². The average Bonchev–Trinajstić information content (AvgIpc) is 2.48. The van der Waals surface area contributed by atoms with Crippen molar-refractivity contribution in [3.63, 3.8) is 0 Å². The van der Waals surface area contributed by atoms with Gasteiger partial charge in [-0.3, -0.25) is 14.9 Å². The Balaban J connectivity index is 2.13. The number of nitro groups is 1. The van der Waals surface area contributed by atoms with Crippen LogP contribution in [-0.4, -0.2) is 16.6 Å². The fourth-order valence-electron chi connectivity index (χ4n) is 1.72. The van der Waals surface area contributed by atoms with Crippen LogP contribution in [0, 0.1) is 10.1 Å². The van der Waals surface area contributed by atoms with Crippen LogP contribution in [0.5, 0.6) is 0 Å². The van der Waals surface area contributed by atoms with Crippen LogP contribution in [0.2, 0.25) is 5.02 Å². The summed E-state index contributed by atoms with van der Waals surface area (Å²) in [6.45, 7) is 0. The second kappa shape index (κ2) is 7.38. The molecule has 5 nitrogen and oxygen atoms in total. The van der Waals surface area contributed by atoms with Gasteiger partial charge in [0, 0.05) is 22.2 Å². The molecule has 2 aromatic rings. The van der Waals surface area contributed by atoms with Gasteiger partial charge in [-0.2, -0.15) is 8.78 Å². The zero-order valence-electron chi connectivity index (χ0n) is 11.3. The molecule has 0 fully saturated rings. The highest BCUT2D eigenvalue weighted by Gasteiger charge is 2.16. The van der Waals surface area contributed by atoms with Crippen LogP contribution >= 0.6 is 23.4 Å². The molecule has 9 heteroatoms. The van der Waals surface area contributed by atoms with Gasteiger partial charge in [-0.1, -0.05) is 23.4 Å². The first-order valence-electron chi connectivity index (χ1n) is 6.17. The maximum absolute atomic E-state index is 12.2. The van der Waals surface area contributed by atoms with Crippen molar-refractivity contribution in [2.24, 2.45) is 0 Å². The maximum Gasteiger partial charge on any atom is 0.288 e. The predicted octanol–water partition coefficient (Wildman–Crippen LogP) is 4.82. The van der Waals surface area contributed by atoms with Gasteiger partial charge in [0.1, 0.15) is 5.02 Å². The molecule has 0 heterocycles. The van der Waals surface area contributed by atoms with Crippen LogP contribution < -0.4 is 5.32 Å². The number of thioether (sulfide) groups is 1. The zero-order chi connectivity index (χ0) is 17.0. The molecule has 0 unspecified atom stereocenters. The van der Waals surface area contributed by atoms with Gasteiger partial charge in [-0.05, 0) is 36.4 Å². The van der Waals surface area contributed by atoms with Gasteiger partial charge < -0.3 is 5.32 Å². The Bertz CT molecular complexity index is 741. The Morgan fingerprint density at radius 3 is 2.43 bits per heavy atom. The van der Waals surface area contributed by atoms with Gasteiger partial charge in [0.25, 0.3) is 17.4 Å². The fraction of sp³-hybridized carbons (Fsp3) is 0.0714. The number of nitro benzene ring substituents is 1. The van der Waals surface area contributed by atoms with E-state index in [2.05, 4.69) is 5.32 Å². The van der Waals surface area contributed by atoms with Gasteiger partial charge in [-0.25, -0.2) is 0 Å². The van der Waals surface area contributed by atoms with Crippen LogP contribution in [0.4, 0.5) is 20.2 Å². The molecule has 0 aliphatic carbocycles. The zero-order valence-corrected chi connectivity index (χ0v) is 12.9. The third-order valence-corrected chi connectivity index (χ3v) is 3.78. The number of amides is 1. The number of hydrogen-bond donors (Lipinski definition) is 1. The Hall–Kier alpha value is -2.19. The van der Waals surface area contributed by atoms with Crippen molar-refractivity contribution in [3.05, 3.63) is 63.2 Å². The molecule has 23 heavy (non-hydrogen) atoms. The van der Waals surface area contributed by atoms with E-state index in [1.54, 1.807) is 0 Å². The molecular formula is C14H9ClF2N2O3S. The molecule has 0 radical (unpaired) electrons. The molecule has 0 aromatic heterocycles. The molecule has 0 atom stereocenters. The third kappa shape index (κ3) is 4.64. The number of carbonyl (C=O) groups excluding carboxylic acids is 1. The number of anilines is 1. The first-order chi connectivity index (χ1) is 10.9. The third-order valence-electron chi connectivity index (χ3n) is 2.74. The van der Waals surface area contributed by atoms with Gasteiger partial charge in [0.2, 0.25) is 0 Å². The van der Waals surface area contributed by atoms with Crippen LogP contribution in [0.1, 0.15) is 10.4 Å². The van der Waals surface area contributed by atoms with Crippen LogP contribution in [0.15, 0.2) is 47.4 Å². The van der Waals surface area contributed by atoms with Crippen molar-refractivity contribution in [3.8, 4) is 0 Å². The minimum atomic E-state index is -2.52. The largest absolute Gasteiger partial charge is 0.322 e. The van der Waals surface area contributed by atoms with Crippen LogP contribution in [0.3, 0.4) is 0 Å². The molecule has 120 valence electrons. The number of rotatable bonds is 5. The predicted molar refractivity (Wildman–Crippen MR) is 84.4 cm³/mol. The van der Waals surface area contributed by atoms with Crippen LogP contribution in [-0.2, 0) is 0 Å². The molecule has 0 spiro atoms. The molecule has 0 bridgehead atoms. The van der Waals surface area contributed by atoms with Crippen molar-refractivity contribution >= 4 is 40.6 Å². The highest BCUT2D eigenvalue weighted by Crippen LogP contribution is 2.27. The molecular weight excluding hydrogens is 350 g/mol. The molecule has 0 aliphatic rings. The fourth-order valence-corrected chi connectivity index (χ4v) is 2.40. The lowest BCUT2D eigenvalue weighted by molar-refractivity contribution is -0.384. The van der Waals surface area contributed by atoms with E-state index in [0.717, 1.165) is 6.07 Å². The minimum absolute atomic E-state index is 0.0622. The first-order valence-corrected chi connectivity index (χ1v) is 7.43. The number of halogens is 3. The number of hydrogen-bond acceptors (Lipinski definition) is 4. The Morgan fingerprint density at radius 2 is 1.87 bits per heavy atom. The number of nitrogens with zero attached hydrogens (tertiary/aromatic N) is 1. The summed E-state index contributed by atoms with van der Waals surface area (Å²) >= 11 is 6.07. The molecule has 0 saturated heterocycles. The van der Waals surface area contributed by atoms with E-state index < -0.39 is 16.6 Å². The van der Waals surface area contributed by atoms with Crippen molar-refractivity contribution in [1.82, 2.24) is 0 Å². The quantitative estimate of drug-likeness (QED) is 0.472. The van der Waals surface area contributed by atoms with Gasteiger partial charge >= 0.3 is 0 Å². The number of nitrogens with one attached hydrogen (secondary N) is 1. The van der Waals surface area contributed by atoms with E-state index in [1.165, 1.54) is 36.4 Å². The monoisotopic (exact) mass is 358 g/mol. The molecule has 1 amide bonds.